The predicted molar refractivity (Wildman–Crippen MR) is 114 cm³/mol. The Balaban J connectivity index is 1.28. The van der Waals surface area contributed by atoms with Gasteiger partial charge in [0.25, 0.3) is 0 Å². The van der Waals surface area contributed by atoms with Crippen LogP contribution in [0.4, 0.5) is 5.69 Å². The highest BCUT2D eigenvalue weighted by molar-refractivity contribution is 5.76. The molecule has 2 aliphatic heterocycles. The number of nitrogens with zero attached hydrogens (tertiary/aromatic N) is 1. The molecule has 0 unspecified atom stereocenters. The number of ether oxygens (including phenoxy) is 2. The highest BCUT2D eigenvalue weighted by Crippen LogP contribution is 2.32. The molecule has 0 aromatic heterocycles. The van der Waals surface area contributed by atoms with E-state index in [1.54, 1.807) is 0 Å². The van der Waals surface area contributed by atoms with Gasteiger partial charge in [-0.1, -0.05) is 25.1 Å². The van der Waals surface area contributed by atoms with Crippen molar-refractivity contribution in [2.45, 2.75) is 45.6 Å². The SMILES string of the molecule is C[C@@H]1CCCN(c2ccc([C@H](C)NC(=O)CCc3ccc4c(c3)OCO4)cc2)C1. The van der Waals surface area contributed by atoms with E-state index in [0.29, 0.717) is 12.8 Å². The van der Waals surface area contributed by atoms with E-state index in [4.69, 9.17) is 9.47 Å². The molecule has 29 heavy (non-hydrogen) atoms. The van der Waals surface area contributed by atoms with Crippen molar-refractivity contribution in [3.05, 3.63) is 53.6 Å². The van der Waals surface area contributed by atoms with Gasteiger partial charge in [0.1, 0.15) is 0 Å². The van der Waals surface area contributed by atoms with Gasteiger partial charge in [-0.3, -0.25) is 4.79 Å². The van der Waals surface area contributed by atoms with Crippen LogP contribution in [-0.4, -0.2) is 25.8 Å². The lowest BCUT2D eigenvalue weighted by atomic mass is 9.99. The van der Waals surface area contributed by atoms with Crippen LogP contribution < -0.4 is 19.7 Å². The summed E-state index contributed by atoms with van der Waals surface area (Å²) in [7, 11) is 0. The number of hydrogen-bond donors (Lipinski definition) is 1. The first-order valence-electron chi connectivity index (χ1n) is 10.6. The first kappa shape index (κ1) is 19.6. The van der Waals surface area contributed by atoms with E-state index >= 15 is 0 Å². The second kappa shape index (κ2) is 8.76. The van der Waals surface area contributed by atoms with Gasteiger partial charge in [0.15, 0.2) is 11.5 Å². The van der Waals surface area contributed by atoms with Gasteiger partial charge in [-0.05, 0) is 67.5 Å². The van der Waals surface area contributed by atoms with Crippen molar-refractivity contribution in [3.63, 3.8) is 0 Å². The van der Waals surface area contributed by atoms with E-state index in [0.717, 1.165) is 41.6 Å². The quantitative estimate of drug-likeness (QED) is 0.786. The maximum atomic E-state index is 12.4. The molecule has 2 aromatic carbocycles. The van der Waals surface area contributed by atoms with Gasteiger partial charge in [0, 0.05) is 25.2 Å². The van der Waals surface area contributed by atoms with Crippen LogP contribution in [0.5, 0.6) is 11.5 Å². The summed E-state index contributed by atoms with van der Waals surface area (Å²) in [6.45, 7) is 6.89. The maximum absolute atomic E-state index is 12.4. The number of amides is 1. The number of anilines is 1. The van der Waals surface area contributed by atoms with Crippen LogP contribution in [0.1, 0.15) is 50.3 Å². The molecule has 2 aliphatic rings. The van der Waals surface area contributed by atoms with Gasteiger partial charge < -0.3 is 19.7 Å². The van der Waals surface area contributed by atoms with Crippen LogP contribution in [-0.2, 0) is 11.2 Å². The number of aryl methyl sites for hydroxylation is 1. The molecule has 154 valence electrons. The Hall–Kier alpha value is -2.69. The molecule has 1 fully saturated rings. The van der Waals surface area contributed by atoms with Crippen LogP contribution in [0.25, 0.3) is 0 Å². The molecule has 1 amide bonds. The zero-order chi connectivity index (χ0) is 20.2. The third kappa shape index (κ3) is 4.84. The van der Waals surface area contributed by atoms with Crippen LogP contribution in [0.2, 0.25) is 0 Å². The number of piperidine rings is 1. The fourth-order valence-electron chi connectivity index (χ4n) is 4.15. The minimum Gasteiger partial charge on any atom is -0.454 e. The van der Waals surface area contributed by atoms with Crippen LogP contribution >= 0.6 is 0 Å². The minimum atomic E-state index is -0.00594. The Bertz CT molecular complexity index is 850. The highest BCUT2D eigenvalue weighted by Gasteiger charge is 2.17. The van der Waals surface area contributed by atoms with Crippen molar-refractivity contribution in [1.29, 1.82) is 0 Å². The molecule has 5 heteroatoms. The fraction of sp³-hybridized carbons (Fsp3) is 0.458. The van der Waals surface area contributed by atoms with Crippen molar-refractivity contribution in [2.24, 2.45) is 5.92 Å². The summed E-state index contributed by atoms with van der Waals surface area (Å²) in [5.74, 6) is 2.35. The van der Waals surface area contributed by atoms with E-state index in [2.05, 4.69) is 41.4 Å². The zero-order valence-electron chi connectivity index (χ0n) is 17.3. The average molecular weight is 395 g/mol. The number of fused-ring (bicyclic) bond motifs is 1. The van der Waals surface area contributed by atoms with Crippen LogP contribution in [0.15, 0.2) is 42.5 Å². The number of hydrogen-bond acceptors (Lipinski definition) is 4. The first-order valence-corrected chi connectivity index (χ1v) is 10.6. The van der Waals surface area contributed by atoms with Crippen molar-refractivity contribution in [2.75, 3.05) is 24.8 Å². The van der Waals surface area contributed by atoms with Crippen LogP contribution in [0, 0.1) is 5.92 Å². The smallest absolute Gasteiger partial charge is 0.231 e. The van der Waals surface area contributed by atoms with Crippen molar-refractivity contribution >= 4 is 11.6 Å². The van der Waals surface area contributed by atoms with Gasteiger partial charge in [-0.25, -0.2) is 0 Å². The average Bonchev–Trinajstić information content (AvgIpc) is 3.20. The molecule has 0 bridgehead atoms. The lowest BCUT2D eigenvalue weighted by Crippen LogP contribution is -2.34. The van der Waals surface area contributed by atoms with Crippen molar-refractivity contribution in [1.82, 2.24) is 5.32 Å². The molecule has 0 spiro atoms. The topological polar surface area (TPSA) is 50.8 Å². The summed E-state index contributed by atoms with van der Waals surface area (Å²) >= 11 is 0. The summed E-state index contributed by atoms with van der Waals surface area (Å²) in [5.41, 5.74) is 3.49. The molecule has 1 saturated heterocycles. The molecule has 2 aromatic rings. The maximum Gasteiger partial charge on any atom is 0.231 e. The van der Waals surface area contributed by atoms with E-state index in [1.165, 1.54) is 18.5 Å². The van der Waals surface area contributed by atoms with Gasteiger partial charge in [0.2, 0.25) is 12.7 Å². The second-order valence-electron chi connectivity index (χ2n) is 8.26. The second-order valence-corrected chi connectivity index (χ2v) is 8.26. The summed E-state index contributed by atoms with van der Waals surface area (Å²) < 4.78 is 10.7. The Morgan fingerprint density at radius 1 is 1.17 bits per heavy atom. The summed E-state index contributed by atoms with van der Waals surface area (Å²) in [6.07, 6.45) is 3.72. The minimum absolute atomic E-state index is 0.00594. The molecule has 0 saturated carbocycles. The number of nitrogens with one attached hydrogen (secondary N) is 1. The number of carbonyl (C=O) groups is 1. The zero-order valence-corrected chi connectivity index (χ0v) is 17.3. The summed E-state index contributed by atoms with van der Waals surface area (Å²) in [4.78, 5) is 14.9. The van der Waals surface area contributed by atoms with E-state index < -0.39 is 0 Å². The Morgan fingerprint density at radius 3 is 2.76 bits per heavy atom. The molecule has 1 N–H and O–H groups in total. The van der Waals surface area contributed by atoms with Crippen molar-refractivity contribution < 1.29 is 14.3 Å². The molecule has 0 aliphatic carbocycles. The summed E-state index contributed by atoms with van der Waals surface area (Å²) in [6, 6.07) is 14.5. The molecule has 5 nitrogen and oxygen atoms in total. The number of benzene rings is 2. The molecule has 0 radical (unpaired) electrons. The first-order chi connectivity index (χ1) is 14.1. The lowest BCUT2D eigenvalue weighted by molar-refractivity contribution is -0.121. The largest absolute Gasteiger partial charge is 0.454 e. The Morgan fingerprint density at radius 2 is 1.97 bits per heavy atom. The number of rotatable bonds is 6. The Labute approximate surface area is 173 Å². The monoisotopic (exact) mass is 394 g/mol. The molecule has 2 heterocycles. The lowest BCUT2D eigenvalue weighted by Gasteiger charge is -2.33. The van der Waals surface area contributed by atoms with Crippen molar-refractivity contribution in [3.8, 4) is 11.5 Å². The fourth-order valence-corrected chi connectivity index (χ4v) is 4.15. The molecular formula is C24H30N2O3. The third-order valence-electron chi connectivity index (χ3n) is 5.87. The highest BCUT2D eigenvalue weighted by atomic mass is 16.7. The Kier molecular flexibility index (Phi) is 5.93. The molecule has 4 rings (SSSR count). The van der Waals surface area contributed by atoms with E-state index in [9.17, 15) is 4.79 Å². The summed E-state index contributed by atoms with van der Waals surface area (Å²) in [5, 5.41) is 3.12. The van der Waals surface area contributed by atoms with E-state index in [-0.39, 0.29) is 18.7 Å². The van der Waals surface area contributed by atoms with Gasteiger partial charge >= 0.3 is 0 Å². The third-order valence-corrected chi connectivity index (χ3v) is 5.87. The van der Waals surface area contributed by atoms with Gasteiger partial charge in [0.05, 0.1) is 6.04 Å². The standard InChI is InChI=1S/C24H30N2O3/c1-17-4-3-13-26(15-17)21-9-7-20(8-10-21)18(2)25-24(27)12-6-19-5-11-22-23(14-19)29-16-28-22/h5,7-11,14,17-18H,3-4,6,12-13,15-16H2,1-2H3,(H,25,27)/t17-,18+/m1/s1. The molecular weight excluding hydrogens is 364 g/mol. The normalized spacial score (nSPS) is 19.1. The predicted octanol–water partition coefficient (Wildman–Crippen LogP) is 4.46. The molecule has 2 atom stereocenters. The number of carbonyl (C=O) groups excluding carboxylic acids is 1. The van der Waals surface area contributed by atoms with Gasteiger partial charge in [-0.15, -0.1) is 0 Å². The van der Waals surface area contributed by atoms with Gasteiger partial charge in [-0.2, -0.15) is 0 Å². The van der Waals surface area contributed by atoms with Crippen LogP contribution in [0.3, 0.4) is 0 Å². The van der Waals surface area contributed by atoms with E-state index in [1.807, 2.05) is 25.1 Å².